The zero-order chi connectivity index (χ0) is 41.2. The number of allylic oxidation sites excluding steroid dienone is 2. The second-order valence-electron chi connectivity index (χ2n) is 13.5. The summed E-state index contributed by atoms with van der Waals surface area (Å²) in [4.78, 5) is 30.6. The summed E-state index contributed by atoms with van der Waals surface area (Å²) in [6, 6.07) is 8.97. The number of aryl methyl sites for hydroxylation is 1. The number of benzene rings is 2. The fraction of sp³-hybridized carbons (Fsp3) is 0.278. The quantitative estimate of drug-likeness (QED) is 0.138. The van der Waals surface area contributed by atoms with E-state index in [4.69, 9.17) is 22.3 Å². The van der Waals surface area contributed by atoms with Gasteiger partial charge in [0.05, 0.1) is 33.9 Å². The molecule has 0 spiro atoms. The van der Waals surface area contributed by atoms with Gasteiger partial charge in [0.25, 0.3) is 5.92 Å². The number of carbonyl (C=O) groups is 1. The average molecular weight is 836 g/mol. The zero-order valence-electron chi connectivity index (χ0n) is 29.5. The van der Waals surface area contributed by atoms with Gasteiger partial charge in [0.2, 0.25) is 15.9 Å². The summed E-state index contributed by atoms with van der Waals surface area (Å²) in [6.07, 6.45) is -1.92. The van der Waals surface area contributed by atoms with Crippen LogP contribution in [0.2, 0.25) is 5.02 Å². The number of aromatic nitrogens is 5. The number of hydrogen-bond acceptors (Lipinski definition) is 9. The molecule has 2 aliphatic rings. The number of fused-ring (bicyclic) bond motifs is 2. The molecule has 2 saturated carbocycles. The average Bonchev–Trinajstić information content (AvgIpc) is 3.81. The van der Waals surface area contributed by atoms with Crippen LogP contribution in [0.5, 0.6) is 0 Å². The van der Waals surface area contributed by atoms with Crippen molar-refractivity contribution in [1.82, 2.24) is 30.0 Å². The van der Waals surface area contributed by atoms with E-state index in [0.29, 0.717) is 11.6 Å². The predicted octanol–water partition coefficient (Wildman–Crippen LogP) is 6.30. The van der Waals surface area contributed by atoms with Gasteiger partial charge in [-0.25, -0.2) is 32.2 Å². The highest BCUT2D eigenvalue weighted by Crippen LogP contribution is 2.62. The number of nitrogens with two attached hydrogens (primary N) is 1. The third kappa shape index (κ3) is 7.87. The molecule has 7 rings (SSSR count). The second kappa shape index (κ2) is 14.4. The van der Waals surface area contributed by atoms with Gasteiger partial charge in [0.1, 0.15) is 35.3 Å². The Kier molecular flexibility index (Phi) is 10.00. The number of nitrogens with one attached hydrogen (secondary N) is 2. The summed E-state index contributed by atoms with van der Waals surface area (Å²) in [7, 11) is -2.33. The maximum atomic E-state index is 15.2. The number of halogens is 8. The minimum absolute atomic E-state index is 0.0161. The molecule has 0 unspecified atom stereocenters. The van der Waals surface area contributed by atoms with E-state index in [9.17, 15) is 35.2 Å². The van der Waals surface area contributed by atoms with Gasteiger partial charge in [-0.15, -0.1) is 0 Å². The van der Waals surface area contributed by atoms with Crippen molar-refractivity contribution in [3.8, 4) is 22.6 Å². The van der Waals surface area contributed by atoms with Gasteiger partial charge < -0.3 is 11.1 Å². The van der Waals surface area contributed by atoms with Crippen LogP contribution in [0.4, 0.5) is 36.6 Å². The Hall–Kier alpha value is -5.63. The fourth-order valence-electron chi connectivity index (χ4n) is 7.05. The lowest BCUT2D eigenvalue weighted by Gasteiger charge is -2.23. The Morgan fingerprint density at radius 3 is 2.40 bits per heavy atom. The Bertz CT molecular complexity index is 2600. The SMILES string of the molecule is Cn1nc(NS(C)(=O)=O)c2c(Cl)ccc(-c3ccc(-c4ncccn4)nc3[C@H](Cc3cc(F)cc(F)c3)NC(=O)CN=C3C(=C(N)C(F)(F)F)[C@H]4C[C@H]4C3(F)F)c21. The van der Waals surface area contributed by atoms with Crippen molar-refractivity contribution in [3.63, 3.8) is 0 Å². The van der Waals surface area contributed by atoms with Crippen molar-refractivity contribution in [2.24, 2.45) is 29.6 Å². The Balaban J connectivity index is 1.38. The maximum Gasteiger partial charge on any atom is 0.431 e. The van der Waals surface area contributed by atoms with E-state index >= 15 is 8.78 Å². The van der Waals surface area contributed by atoms with Crippen molar-refractivity contribution in [1.29, 1.82) is 0 Å². The number of anilines is 1. The van der Waals surface area contributed by atoms with Crippen molar-refractivity contribution in [3.05, 3.63) is 100 Å². The highest BCUT2D eigenvalue weighted by molar-refractivity contribution is 7.92. The van der Waals surface area contributed by atoms with Crippen molar-refractivity contribution < 1.29 is 43.9 Å². The van der Waals surface area contributed by atoms with Crippen LogP contribution in [-0.4, -0.2) is 69.7 Å². The predicted molar refractivity (Wildman–Crippen MR) is 196 cm³/mol. The van der Waals surface area contributed by atoms with Gasteiger partial charge in [-0.05, 0) is 54.7 Å². The molecular weight excluding hydrogens is 807 g/mol. The number of alkyl halides is 5. The van der Waals surface area contributed by atoms with E-state index in [2.05, 4.69) is 30.1 Å². The highest BCUT2D eigenvalue weighted by atomic mass is 35.5. The molecule has 0 saturated heterocycles. The van der Waals surface area contributed by atoms with Gasteiger partial charge in [0, 0.05) is 48.1 Å². The zero-order valence-corrected chi connectivity index (χ0v) is 31.1. The standard InChI is InChI=1S/C36H29ClF7N9O3S/c1-53-30-20(4-6-23(37)28(30)34(51-53)52-57(2,55)56)19-5-7-24(33-46-8-3-9-47-33)50-29(19)25(12-16-10-17(38)13-18(39)11-16)49-26(54)15-48-32-27(31(45)36(42,43)44)21-14-22(21)35(32,40)41/h3-11,13,21-22,25H,12,14-15,45H2,1-2H3,(H,49,54)(H,51,52)/t21-,22+,25-/m0/s1. The number of aliphatic imine (C=N–C) groups is 1. The number of pyridine rings is 1. The topological polar surface area (TPSA) is 170 Å². The molecule has 0 aliphatic heterocycles. The van der Waals surface area contributed by atoms with E-state index < -0.39 is 81.1 Å². The van der Waals surface area contributed by atoms with E-state index in [1.165, 1.54) is 30.2 Å². The first-order chi connectivity index (χ1) is 26.7. The molecule has 3 atom stereocenters. The monoisotopic (exact) mass is 835 g/mol. The lowest BCUT2D eigenvalue weighted by molar-refractivity contribution is -0.120. The van der Waals surface area contributed by atoms with Crippen LogP contribution < -0.4 is 15.8 Å². The molecule has 1 amide bonds. The van der Waals surface area contributed by atoms with Crippen molar-refractivity contribution in [2.45, 2.75) is 31.0 Å². The van der Waals surface area contributed by atoms with Crippen LogP contribution in [0.1, 0.15) is 23.7 Å². The van der Waals surface area contributed by atoms with Crippen LogP contribution in [0.15, 0.2) is 77.2 Å². The van der Waals surface area contributed by atoms with Gasteiger partial charge in [-0.3, -0.25) is 19.2 Å². The molecule has 21 heteroatoms. The number of carbonyl (C=O) groups excluding carboxylic acids is 1. The molecule has 2 aromatic carbocycles. The first-order valence-corrected chi connectivity index (χ1v) is 19.2. The van der Waals surface area contributed by atoms with Gasteiger partial charge in [0.15, 0.2) is 11.6 Å². The molecular formula is C36H29ClF7N9O3S. The third-order valence-electron chi connectivity index (χ3n) is 9.43. The van der Waals surface area contributed by atoms with Gasteiger partial charge in [-0.1, -0.05) is 23.7 Å². The maximum absolute atomic E-state index is 15.2. The lowest BCUT2D eigenvalue weighted by atomic mass is 9.93. The van der Waals surface area contributed by atoms with E-state index in [-0.39, 0.29) is 62.9 Å². The number of rotatable bonds is 10. The summed E-state index contributed by atoms with van der Waals surface area (Å²) in [5.41, 5.74) is 2.56. The number of nitrogens with zero attached hydrogens (tertiary/aromatic N) is 6. The van der Waals surface area contributed by atoms with Gasteiger partial charge >= 0.3 is 6.18 Å². The number of sulfonamides is 1. The molecule has 5 aromatic rings. The first kappa shape index (κ1) is 39.6. The van der Waals surface area contributed by atoms with Crippen LogP contribution in [0.3, 0.4) is 0 Å². The van der Waals surface area contributed by atoms with Crippen LogP contribution in [0.25, 0.3) is 33.5 Å². The normalized spacial score (nSPS) is 19.7. The van der Waals surface area contributed by atoms with Crippen LogP contribution >= 0.6 is 11.6 Å². The van der Waals surface area contributed by atoms with Crippen LogP contribution in [0, 0.1) is 23.5 Å². The summed E-state index contributed by atoms with van der Waals surface area (Å²) in [6.45, 7) is -1.09. The molecule has 0 radical (unpaired) electrons. The lowest BCUT2D eigenvalue weighted by Crippen LogP contribution is -2.35. The third-order valence-corrected chi connectivity index (χ3v) is 10.3. The second-order valence-corrected chi connectivity index (χ2v) is 15.7. The fourth-order valence-corrected chi connectivity index (χ4v) is 7.79. The largest absolute Gasteiger partial charge is 0.431 e. The molecule has 12 nitrogen and oxygen atoms in total. The first-order valence-electron chi connectivity index (χ1n) is 16.9. The molecule has 57 heavy (non-hydrogen) atoms. The van der Waals surface area contributed by atoms with Crippen molar-refractivity contribution in [2.75, 3.05) is 17.5 Å². The Morgan fingerprint density at radius 2 is 1.75 bits per heavy atom. The summed E-state index contributed by atoms with van der Waals surface area (Å²) in [5.74, 6) is -9.37. The minimum atomic E-state index is -5.13. The van der Waals surface area contributed by atoms with E-state index in [1.807, 2.05) is 0 Å². The molecule has 2 aliphatic carbocycles. The molecule has 4 N–H and O–H groups in total. The number of hydrogen-bond donors (Lipinski definition) is 3. The smallest absolute Gasteiger partial charge is 0.394 e. The summed E-state index contributed by atoms with van der Waals surface area (Å²) < 4.78 is 128. The van der Waals surface area contributed by atoms with E-state index in [1.54, 1.807) is 24.3 Å². The molecule has 2 fully saturated rings. The Morgan fingerprint density at radius 1 is 1.09 bits per heavy atom. The molecule has 3 aromatic heterocycles. The summed E-state index contributed by atoms with van der Waals surface area (Å²) >= 11 is 6.56. The summed E-state index contributed by atoms with van der Waals surface area (Å²) in [5, 5.41) is 7.21. The van der Waals surface area contributed by atoms with E-state index in [0.717, 1.165) is 18.4 Å². The highest BCUT2D eigenvalue weighted by Gasteiger charge is 2.68. The Labute approximate surface area is 324 Å². The molecule has 3 heterocycles. The van der Waals surface area contributed by atoms with Gasteiger partial charge in [-0.2, -0.15) is 27.1 Å². The molecule has 0 bridgehead atoms. The minimum Gasteiger partial charge on any atom is -0.394 e. The molecule has 298 valence electrons. The van der Waals surface area contributed by atoms with Crippen molar-refractivity contribution >= 4 is 50.0 Å². The van der Waals surface area contributed by atoms with Crippen LogP contribution in [-0.2, 0) is 28.3 Å². The number of amides is 1.